The van der Waals surface area contributed by atoms with Gasteiger partial charge in [0.25, 0.3) is 11.8 Å². The number of hydrogen-bond acceptors (Lipinski definition) is 5. The number of fused-ring (bicyclic) bond motifs is 1. The van der Waals surface area contributed by atoms with Gasteiger partial charge < -0.3 is 30.7 Å². The largest absolute Gasteiger partial charge is 0.361 e. The monoisotopic (exact) mass is 524 g/mol. The lowest BCUT2D eigenvalue weighted by Crippen LogP contribution is -2.47. The van der Waals surface area contributed by atoms with Crippen LogP contribution >= 0.6 is 0 Å². The molecule has 1 aliphatic rings. The van der Waals surface area contributed by atoms with Crippen LogP contribution in [0.1, 0.15) is 34.1 Å². The number of nitrogens with zero attached hydrogens (tertiary/aromatic N) is 2. The number of halogens is 1. The number of amides is 4. The summed E-state index contributed by atoms with van der Waals surface area (Å²) < 4.78 is 13.7. The second kappa shape index (κ2) is 12.3. The van der Waals surface area contributed by atoms with E-state index in [4.69, 9.17) is 0 Å². The molecule has 0 bridgehead atoms. The van der Waals surface area contributed by atoms with Crippen molar-refractivity contribution in [2.45, 2.75) is 19.9 Å². The molecule has 3 rings (SSSR count). The number of nitrogens with one attached hydrogen (secondary N) is 4. The molecule has 11 heteroatoms. The van der Waals surface area contributed by atoms with Gasteiger partial charge in [-0.15, -0.1) is 0 Å². The van der Waals surface area contributed by atoms with Crippen LogP contribution in [-0.2, 0) is 14.4 Å². The molecule has 1 aromatic heterocycles. The van der Waals surface area contributed by atoms with Gasteiger partial charge >= 0.3 is 0 Å². The predicted molar refractivity (Wildman–Crippen MR) is 144 cm³/mol. The summed E-state index contributed by atoms with van der Waals surface area (Å²) in [5.41, 5.74) is 2.82. The first-order valence-corrected chi connectivity index (χ1v) is 12.1. The number of aromatic nitrogens is 1. The molecule has 0 saturated carbocycles. The summed E-state index contributed by atoms with van der Waals surface area (Å²) in [7, 11) is 5.33. The number of H-pyrrole nitrogens is 1. The molecular formula is C27H33FN6O4. The maximum absolute atomic E-state index is 13.7. The zero-order valence-electron chi connectivity index (χ0n) is 22.1. The highest BCUT2D eigenvalue weighted by molar-refractivity contribution is 6.34. The van der Waals surface area contributed by atoms with Gasteiger partial charge in [0.05, 0.1) is 11.1 Å². The van der Waals surface area contributed by atoms with Gasteiger partial charge in [0.15, 0.2) is 0 Å². The van der Waals surface area contributed by atoms with Gasteiger partial charge in [-0.1, -0.05) is 6.08 Å². The quantitative estimate of drug-likeness (QED) is 0.278. The minimum atomic E-state index is -0.684. The van der Waals surface area contributed by atoms with Gasteiger partial charge in [0.1, 0.15) is 11.9 Å². The highest BCUT2D eigenvalue weighted by Crippen LogP contribution is 2.34. The van der Waals surface area contributed by atoms with Gasteiger partial charge in [0.2, 0.25) is 11.8 Å². The fourth-order valence-electron chi connectivity index (χ4n) is 3.80. The third-order valence-corrected chi connectivity index (χ3v) is 6.23. The predicted octanol–water partition coefficient (Wildman–Crippen LogP) is 1.77. The van der Waals surface area contributed by atoms with Crippen LogP contribution in [0.15, 0.2) is 36.5 Å². The third-order valence-electron chi connectivity index (χ3n) is 6.23. The molecule has 38 heavy (non-hydrogen) atoms. The molecule has 1 aliphatic heterocycles. The normalized spacial score (nSPS) is 14.5. The van der Waals surface area contributed by atoms with Crippen molar-refractivity contribution >= 4 is 41.0 Å². The first kappa shape index (κ1) is 28.3. The van der Waals surface area contributed by atoms with E-state index >= 15 is 0 Å². The average molecular weight is 525 g/mol. The van der Waals surface area contributed by atoms with Crippen LogP contribution in [0.2, 0.25) is 0 Å². The SMILES string of the molecule is Cc1c(C(=O)NCCNC(=O)[C@H](C)N(C)C(=O)/C=C/CN(C)C)c[nH]c1/C=C1\C(=O)Nc2ccc(F)cc21. The third kappa shape index (κ3) is 6.74. The minimum Gasteiger partial charge on any atom is -0.361 e. The van der Waals surface area contributed by atoms with Crippen LogP contribution in [0, 0.1) is 12.7 Å². The van der Waals surface area contributed by atoms with E-state index < -0.39 is 11.9 Å². The van der Waals surface area contributed by atoms with Gasteiger partial charge in [0, 0.05) is 55.9 Å². The van der Waals surface area contributed by atoms with Gasteiger partial charge in [-0.25, -0.2) is 4.39 Å². The number of benzene rings is 1. The molecule has 0 fully saturated rings. The first-order chi connectivity index (χ1) is 18.0. The van der Waals surface area contributed by atoms with E-state index in [0.29, 0.717) is 40.2 Å². The fraction of sp³-hybridized carbons (Fsp3) is 0.333. The number of rotatable bonds is 10. The van der Waals surface area contributed by atoms with Gasteiger partial charge in [-0.2, -0.15) is 0 Å². The van der Waals surface area contributed by atoms with E-state index in [9.17, 15) is 23.6 Å². The number of likely N-dealkylation sites (N-methyl/N-ethyl adjacent to an activating group) is 2. The summed E-state index contributed by atoms with van der Waals surface area (Å²) >= 11 is 0. The Balaban J connectivity index is 1.53. The second-order valence-corrected chi connectivity index (χ2v) is 9.28. The lowest BCUT2D eigenvalue weighted by molar-refractivity contribution is -0.135. The number of carbonyl (C=O) groups is 4. The van der Waals surface area contributed by atoms with Crippen molar-refractivity contribution in [2.24, 2.45) is 0 Å². The molecule has 1 aromatic carbocycles. The summed E-state index contributed by atoms with van der Waals surface area (Å²) in [6, 6.07) is 3.38. The number of carbonyl (C=O) groups excluding carboxylic acids is 4. The van der Waals surface area contributed by atoms with Crippen molar-refractivity contribution in [1.29, 1.82) is 0 Å². The van der Waals surface area contributed by atoms with Crippen LogP contribution in [0.3, 0.4) is 0 Å². The molecule has 1 atom stereocenters. The molecule has 202 valence electrons. The Bertz CT molecular complexity index is 1300. The standard InChI is InChI=1S/C27H33FN6O4/c1-16-21(15-31-23(16)14-20-19-13-18(28)8-9-22(19)32-27(20)38)26(37)30-11-10-29-25(36)17(2)34(5)24(35)7-6-12-33(3)4/h6-9,13-15,17,31H,10-12H2,1-5H3,(H,29,36)(H,30,37)(H,32,38)/b7-6+,20-14-/t17-/m0/s1. The van der Waals surface area contributed by atoms with E-state index in [1.165, 1.54) is 35.4 Å². The number of hydrogen-bond donors (Lipinski definition) is 4. The van der Waals surface area contributed by atoms with Gasteiger partial charge in [-0.05, 0) is 57.8 Å². The second-order valence-electron chi connectivity index (χ2n) is 9.28. The molecule has 2 aromatic rings. The summed E-state index contributed by atoms with van der Waals surface area (Å²) in [6.07, 6.45) is 6.28. The molecule has 0 aliphatic carbocycles. The first-order valence-electron chi connectivity index (χ1n) is 12.1. The van der Waals surface area contributed by atoms with E-state index in [-0.39, 0.29) is 36.7 Å². The molecule has 4 N–H and O–H groups in total. The summed E-state index contributed by atoms with van der Waals surface area (Å²) in [5, 5.41) is 8.15. The Morgan fingerprint density at radius 2 is 1.84 bits per heavy atom. The van der Waals surface area contributed by atoms with Crippen molar-refractivity contribution in [3.63, 3.8) is 0 Å². The summed E-state index contributed by atoms with van der Waals surface area (Å²) in [4.78, 5) is 56.0. The Morgan fingerprint density at radius 1 is 1.13 bits per heavy atom. The van der Waals surface area contributed by atoms with Crippen molar-refractivity contribution < 1.29 is 23.6 Å². The van der Waals surface area contributed by atoms with E-state index in [2.05, 4.69) is 20.9 Å². The number of aromatic amines is 1. The Hall–Kier alpha value is -4.25. The van der Waals surface area contributed by atoms with Gasteiger partial charge in [-0.3, -0.25) is 19.2 Å². The van der Waals surface area contributed by atoms with Crippen molar-refractivity contribution in [3.8, 4) is 0 Å². The van der Waals surface area contributed by atoms with E-state index in [1.54, 1.807) is 33.0 Å². The number of anilines is 1. The smallest absolute Gasteiger partial charge is 0.256 e. The van der Waals surface area contributed by atoms with E-state index in [1.807, 2.05) is 19.0 Å². The molecular weight excluding hydrogens is 491 g/mol. The topological polar surface area (TPSA) is 127 Å². The highest BCUT2D eigenvalue weighted by Gasteiger charge is 2.25. The van der Waals surface area contributed by atoms with E-state index in [0.717, 1.165) is 0 Å². The Kier molecular flexibility index (Phi) is 9.19. The molecule has 2 heterocycles. The maximum atomic E-state index is 13.7. The average Bonchev–Trinajstić information content (AvgIpc) is 3.39. The zero-order valence-corrected chi connectivity index (χ0v) is 22.1. The fourth-order valence-corrected chi connectivity index (χ4v) is 3.80. The van der Waals surface area contributed by atoms with Crippen LogP contribution in [-0.4, -0.2) is 85.2 Å². The molecule has 10 nitrogen and oxygen atoms in total. The highest BCUT2D eigenvalue weighted by atomic mass is 19.1. The zero-order chi connectivity index (χ0) is 28.0. The van der Waals surface area contributed by atoms with Crippen molar-refractivity contribution in [2.75, 3.05) is 46.1 Å². The maximum Gasteiger partial charge on any atom is 0.256 e. The Morgan fingerprint density at radius 3 is 2.55 bits per heavy atom. The van der Waals surface area contributed by atoms with Crippen LogP contribution in [0.5, 0.6) is 0 Å². The van der Waals surface area contributed by atoms with Crippen molar-refractivity contribution in [3.05, 3.63) is 64.7 Å². The van der Waals surface area contributed by atoms with Crippen LogP contribution in [0.4, 0.5) is 10.1 Å². The van der Waals surface area contributed by atoms with Crippen LogP contribution in [0.25, 0.3) is 11.6 Å². The summed E-state index contributed by atoms with van der Waals surface area (Å²) in [6.45, 7) is 4.33. The molecule has 0 spiro atoms. The Labute approximate surface area is 220 Å². The minimum absolute atomic E-state index is 0.174. The lowest BCUT2D eigenvalue weighted by Gasteiger charge is -2.23. The molecule has 0 radical (unpaired) electrons. The summed E-state index contributed by atoms with van der Waals surface area (Å²) in [5.74, 6) is -1.78. The molecule has 4 amide bonds. The molecule has 0 unspecified atom stereocenters. The van der Waals surface area contributed by atoms with Crippen LogP contribution < -0.4 is 16.0 Å². The molecule has 0 saturated heterocycles. The lowest BCUT2D eigenvalue weighted by atomic mass is 10.0. The van der Waals surface area contributed by atoms with Crippen molar-refractivity contribution in [1.82, 2.24) is 25.4 Å².